The first-order valence-corrected chi connectivity index (χ1v) is 4.88. The van der Waals surface area contributed by atoms with Crippen molar-refractivity contribution in [1.82, 2.24) is 0 Å². The first kappa shape index (κ1) is 9.22. The molecule has 0 bridgehead atoms. The molecule has 0 aliphatic rings. The summed E-state index contributed by atoms with van der Waals surface area (Å²) in [6, 6.07) is 7.33. The van der Waals surface area contributed by atoms with E-state index in [1.54, 1.807) is 6.07 Å². The molecular weight excluding hydrogens is 174 g/mol. The molecule has 0 saturated heterocycles. The second kappa shape index (κ2) is 4.23. The highest BCUT2D eigenvalue weighted by Gasteiger charge is 1.96. The molecule has 1 unspecified atom stereocenters. The molecule has 0 aliphatic carbocycles. The zero-order chi connectivity index (χ0) is 8.97. The lowest BCUT2D eigenvalue weighted by atomic mass is 10.1. The number of benzene rings is 1. The monoisotopic (exact) mass is 185 g/mol. The molecule has 0 fully saturated rings. The van der Waals surface area contributed by atoms with Crippen LogP contribution in [0.5, 0.6) is 0 Å². The van der Waals surface area contributed by atoms with Crippen molar-refractivity contribution in [2.45, 2.75) is 6.42 Å². The molecule has 1 atom stereocenters. The van der Waals surface area contributed by atoms with Crippen molar-refractivity contribution < 1.29 is 8.76 Å². The van der Waals surface area contributed by atoms with Gasteiger partial charge in [-0.2, -0.15) is 0 Å². The maximum absolute atomic E-state index is 10.3. The largest absolute Gasteiger partial charge is 0.399 e. The van der Waals surface area contributed by atoms with E-state index in [4.69, 9.17) is 10.3 Å². The van der Waals surface area contributed by atoms with Gasteiger partial charge in [0, 0.05) is 5.69 Å². The number of rotatable bonds is 3. The van der Waals surface area contributed by atoms with Crippen molar-refractivity contribution in [3.8, 4) is 0 Å². The molecule has 0 amide bonds. The van der Waals surface area contributed by atoms with E-state index < -0.39 is 11.1 Å². The van der Waals surface area contributed by atoms with Crippen LogP contribution in [0, 0.1) is 0 Å². The van der Waals surface area contributed by atoms with Gasteiger partial charge in [-0.3, -0.25) is 0 Å². The van der Waals surface area contributed by atoms with Gasteiger partial charge in [0.25, 0.3) is 0 Å². The molecule has 1 aromatic carbocycles. The Morgan fingerprint density at radius 1 is 1.50 bits per heavy atom. The molecule has 0 aromatic heterocycles. The second-order valence-electron chi connectivity index (χ2n) is 2.52. The summed E-state index contributed by atoms with van der Waals surface area (Å²) in [7, 11) is 0. The minimum Gasteiger partial charge on any atom is -0.399 e. The smallest absolute Gasteiger partial charge is 0.153 e. The van der Waals surface area contributed by atoms with Crippen LogP contribution in [0.1, 0.15) is 5.56 Å². The lowest BCUT2D eigenvalue weighted by molar-refractivity contribution is 0.563. The zero-order valence-electron chi connectivity index (χ0n) is 6.56. The Labute approximate surface area is 73.9 Å². The number of hydrogen-bond acceptors (Lipinski definition) is 2. The first-order chi connectivity index (χ1) is 5.68. The van der Waals surface area contributed by atoms with Crippen LogP contribution in [0.15, 0.2) is 24.3 Å². The summed E-state index contributed by atoms with van der Waals surface area (Å²) in [6.45, 7) is 0. The van der Waals surface area contributed by atoms with Crippen molar-refractivity contribution >= 4 is 16.8 Å². The predicted molar refractivity (Wildman–Crippen MR) is 50.2 cm³/mol. The molecule has 1 rings (SSSR count). The maximum Gasteiger partial charge on any atom is 0.153 e. The van der Waals surface area contributed by atoms with Crippen molar-refractivity contribution in [1.29, 1.82) is 0 Å². The summed E-state index contributed by atoms with van der Waals surface area (Å²) >= 11 is -1.71. The molecule has 12 heavy (non-hydrogen) atoms. The van der Waals surface area contributed by atoms with E-state index in [2.05, 4.69) is 0 Å². The van der Waals surface area contributed by atoms with Gasteiger partial charge < -0.3 is 10.3 Å². The van der Waals surface area contributed by atoms with Gasteiger partial charge in [-0.15, -0.1) is 0 Å². The fraction of sp³-hybridized carbons (Fsp3) is 0.250. The number of anilines is 1. The predicted octanol–water partition coefficient (Wildman–Crippen LogP) is 1.03. The highest BCUT2D eigenvalue weighted by molar-refractivity contribution is 7.79. The Morgan fingerprint density at radius 2 is 2.25 bits per heavy atom. The maximum atomic E-state index is 10.3. The zero-order valence-corrected chi connectivity index (χ0v) is 7.38. The molecule has 4 heteroatoms. The molecule has 0 spiro atoms. The SMILES string of the molecule is Nc1cccc(CCS(=O)O)c1. The van der Waals surface area contributed by atoms with Crippen molar-refractivity contribution in [3.63, 3.8) is 0 Å². The third-order valence-corrected chi connectivity index (χ3v) is 2.07. The van der Waals surface area contributed by atoms with E-state index in [1.807, 2.05) is 18.2 Å². The highest BCUT2D eigenvalue weighted by Crippen LogP contribution is 2.07. The Balaban J connectivity index is 2.57. The average molecular weight is 185 g/mol. The van der Waals surface area contributed by atoms with Gasteiger partial charge >= 0.3 is 0 Å². The summed E-state index contributed by atoms with van der Waals surface area (Å²) < 4.78 is 18.9. The summed E-state index contributed by atoms with van der Waals surface area (Å²) in [5.41, 5.74) is 7.22. The Hall–Kier alpha value is -0.870. The molecule has 1 aromatic rings. The Morgan fingerprint density at radius 3 is 2.83 bits per heavy atom. The molecule has 66 valence electrons. The van der Waals surface area contributed by atoms with Crippen LogP contribution in [0.25, 0.3) is 0 Å². The number of aryl methyl sites for hydroxylation is 1. The van der Waals surface area contributed by atoms with Crippen LogP contribution >= 0.6 is 0 Å². The molecule has 0 aliphatic heterocycles. The van der Waals surface area contributed by atoms with E-state index in [9.17, 15) is 4.21 Å². The minimum atomic E-state index is -1.71. The standard InChI is InChI=1S/C8H11NO2S/c9-8-3-1-2-7(6-8)4-5-12(10)11/h1-3,6H,4-5,9H2,(H,10,11). The topological polar surface area (TPSA) is 63.3 Å². The second-order valence-corrected chi connectivity index (χ2v) is 3.57. The quantitative estimate of drug-likeness (QED) is 0.546. The number of nitrogen functional groups attached to an aromatic ring is 1. The molecular formula is C8H11NO2S. The van der Waals surface area contributed by atoms with E-state index in [0.717, 1.165) is 5.56 Å². The fourth-order valence-electron chi connectivity index (χ4n) is 0.954. The van der Waals surface area contributed by atoms with E-state index in [0.29, 0.717) is 12.1 Å². The van der Waals surface area contributed by atoms with Crippen LogP contribution in [0.4, 0.5) is 5.69 Å². The van der Waals surface area contributed by atoms with Crippen molar-refractivity contribution in [2.24, 2.45) is 0 Å². The fourth-order valence-corrected chi connectivity index (χ4v) is 1.36. The molecule has 0 heterocycles. The van der Waals surface area contributed by atoms with Crippen LogP contribution in [-0.4, -0.2) is 14.5 Å². The van der Waals surface area contributed by atoms with Gasteiger partial charge in [0.15, 0.2) is 11.1 Å². The van der Waals surface area contributed by atoms with Crippen LogP contribution in [0.2, 0.25) is 0 Å². The van der Waals surface area contributed by atoms with Gasteiger partial charge in [0.2, 0.25) is 0 Å². The third kappa shape index (κ3) is 3.02. The summed E-state index contributed by atoms with van der Waals surface area (Å²) in [4.78, 5) is 0. The van der Waals surface area contributed by atoms with Crippen LogP contribution < -0.4 is 5.73 Å². The van der Waals surface area contributed by atoms with E-state index in [-0.39, 0.29) is 5.75 Å². The van der Waals surface area contributed by atoms with Gasteiger partial charge in [-0.1, -0.05) is 12.1 Å². The van der Waals surface area contributed by atoms with Gasteiger partial charge in [0.05, 0.1) is 5.75 Å². The third-order valence-electron chi connectivity index (χ3n) is 1.52. The first-order valence-electron chi connectivity index (χ1n) is 3.60. The van der Waals surface area contributed by atoms with Crippen LogP contribution in [0.3, 0.4) is 0 Å². The lowest BCUT2D eigenvalue weighted by Crippen LogP contribution is -1.99. The molecule has 0 saturated carbocycles. The van der Waals surface area contributed by atoms with E-state index in [1.165, 1.54) is 0 Å². The van der Waals surface area contributed by atoms with Gasteiger partial charge in [-0.25, -0.2) is 4.21 Å². The Bertz CT molecular complexity index is 288. The van der Waals surface area contributed by atoms with E-state index >= 15 is 0 Å². The highest BCUT2D eigenvalue weighted by atomic mass is 32.2. The summed E-state index contributed by atoms with van der Waals surface area (Å²) in [6.07, 6.45) is 0.591. The van der Waals surface area contributed by atoms with Gasteiger partial charge in [0.1, 0.15) is 0 Å². The summed E-state index contributed by atoms with van der Waals surface area (Å²) in [5.74, 6) is 0.267. The average Bonchev–Trinajstić information content (AvgIpc) is 2.01. The van der Waals surface area contributed by atoms with Gasteiger partial charge in [-0.05, 0) is 24.1 Å². The van der Waals surface area contributed by atoms with Crippen LogP contribution in [-0.2, 0) is 17.5 Å². The lowest BCUT2D eigenvalue weighted by Gasteiger charge is -1.99. The van der Waals surface area contributed by atoms with Crippen molar-refractivity contribution in [2.75, 3.05) is 11.5 Å². The minimum absolute atomic E-state index is 0.267. The normalized spacial score (nSPS) is 12.8. The number of hydrogen-bond donors (Lipinski definition) is 2. The molecule has 0 radical (unpaired) electrons. The number of nitrogens with two attached hydrogens (primary N) is 1. The summed E-state index contributed by atoms with van der Waals surface area (Å²) in [5, 5.41) is 0. The Kier molecular flexibility index (Phi) is 3.25. The van der Waals surface area contributed by atoms with Crippen molar-refractivity contribution in [3.05, 3.63) is 29.8 Å². The molecule has 3 N–H and O–H groups in total. The molecule has 3 nitrogen and oxygen atoms in total.